The van der Waals surface area contributed by atoms with E-state index >= 15 is 0 Å². The molecule has 2 unspecified atom stereocenters. The normalized spacial score (nSPS) is 28.3. The van der Waals surface area contributed by atoms with Gasteiger partial charge in [-0.15, -0.1) is 0 Å². The van der Waals surface area contributed by atoms with Crippen LogP contribution in [-0.2, 0) is 4.79 Å². The molecule has 0 saturated heterocycles. The Morgan fingerprint density at radius 3 is 2.20 bits per heavy atom. The number of hydrogen-bond acceptors (Lipinski definition) is 1. The predicted octanol–water partition coefficient (Wildman–Crippen LogP) is 1.54. The van der Waals surface area contributed by atoms with Crippen molar-refractivity contribution >= 4 is 5.91 Å². The zero-order chi connectivity index (χ0) is 8.15. The van der Waals surface area contributed by atoms with Crippen LogP contribution in [0.15, 0.2) is 0 Å². The molecule has 2 N–H and O–H groups in total. The highest BCUT2D eigenvalue weighted by Crippen LogP contribution is 2.40. The summed E-state index contributed by atoms with van der Waals surface area (Å²) in [7, 11) is 0. The van der Waals surface area contributed by atoms with E-state index in [9.17, 15) is 4.79 Å². The molecule has 0 bridgehead atoms. The highest BCUT2D eigenvalue weighted by atomic mass is 16.1. The molecule has 60 valence electrons. The number of carbonyl (C=O) groups excluding carboxylic acids is 1. The van der Waals surface area contributed by atoms with Gasteiger partial charge in [0.1, 0.15) is 0 Å². The van der Waals surface area contributed by atoms with E-state index < -0.39 is 0 Å². The molecule has 10 heavy (non-hydrogen) atoms. The lowest BCUT2D eigenvalue weighted by Gasteiger charge is -1.86. The molecule has 0 heterocycles. The molecule has 0 aliphatic heterocycles. The van der Waals surface area contributed by atoms with E-state index in [1.807, 2.05) is 13.8 Å². The Bertz CT molecular complexity index is 112. The van der Waals surface area contributed by atoms with Crippen LogP contribution < -0.4 is 5.73 Å². The summed E-state index contributed by atoms with van der Waals surface area (Å²) in [5.41, 5.74) is 5.02. The molecule has 2 atom stereocenters. The van der Waals surface area contributed by atoms with Gasteiger partial charge in [0.25, 0.3) is 0 Å². The van der Waals surface area contributed by atoms with Gasteiger partial charge in [-0.05, 0) is 12.3 Å². The van der Waals surface area contributed by atoms with Crippen molar-refractivity contribution in [1.82, 2.24) is 0 Å². The minimum atomic E-state index is -0.114. The topological polar surface area (TPSA) is 43.1 Å². The summed E-state index contributed by atoms with van der Waals surface area (Å²) in [4.78, 5) is 10.4. The smallest absolute Gasteiger partial charge is 0.220 e. The number of rotatable bonds is 2. The van der Waals surface area contributed by atoms with Crippen molar-refractivity contribution in [3.8, 4) is 0 Å². The third-order valence-electron chi connectivity index (χ3n) is 1.81. The fourth-order valence-electron chi connectivity index (χ4n) is 1.05. The maximum Gasteiger partial charge on any atom is 0.220 e. The van der Waals surface area contributed by atoms with Crippen LogP contribution in [0.3, 0.4) is 0 Å². The van der Waals surface area contributed by atoms with Gasteiger partial charge in [0.2, 0.25) is 5.91 Å². The standard InChI is InChI=1S/C6H11NO.C2H6/c1-2-4-3-5(4)6(7)8;1-2/h4-5H,2-3H2,1H3,(H2,7,8);1-2H3. The molecule has 2 heteroatoms. The fraction of sp³-hybridized carbons (Fsp3) is 0.875. The van der Waals surface area contributed by atoms with Gasteiger partial charge in [-0.3, -0.25) is 4.79 Å². The van der Waals surface area contributed by atoms with Crippen LogP contribution in [0.2, 0.25) is 0 Å². The van der Waals surface area contributed by atoms with Crippen LogP contribution in [0.4, 0.5) is 0 Å². The lowest BCUT2D eigenvalue weighted by Crippen LogP contribution is -2.13. The van der Waals surface area contributed by atoms with Gasteiger partial charge in [-0.25, -0.2) is 0 Å². The Balaban J connectivity index is 0.000000371. The number of primary amides is 1. The molecular weight excluding hydrogens is 126 g/mol. The van der Waals surface area contributed by atoms with Crippen molar-refractivity contribution in [3.63, 3.8) is 0 Å². The van der Waals surface area contributed by atoms with Crippen molar-refractivity contribution in [1.29, 1.82) is 0 Å². The molecule has 1 aliphatic rings. The third-order valence-corrected chi connectivity index (χ3v) is 1.81. The maximum absolute atomic E-state index is 10.4. The molecule has 1 saturated carbocycles. The van der Waals surface area contributed by atoms with E-state index in [1.54, 1.807) is 0 Å². The SMILES string of the molecule is CC.CCC1CC1C(N)=O. The molecule has 0 aromatic carbocycles. The first-order valence-corrected chi connectivity index (χ1v) is 4.05. The molecule has 0 spiro atoms. The number of hydrogen-bond donors (Lipinski definition) is 1. The van der Waals surface area contributed by atoms with Gasteiger partial charge in [0, 0.05) is 5.92 Å². The Kier molecular flexibility index (Phi) is 4.08. The molecule has 2 nitrogen and oxygen atoms in total. The lowest BCUT2D eigenvalue weighted by molar-refractivity contribution is -0.119. The quantitative estimate of drug-likeness (QED) is 0.626. The third kappa shape index (κ3) is 2.38. The minimum absolute atomic E-state index is 0.114. The van der Waals surface area contributed by atoms with Crippen molar-refractivity contribution in [3.05, 3.63) is 0 Å². The molecule has 0 aromatic heterocycles. The van der Waals surface area contributed by atoms with E-state index in [4.69, 9.17) is 5.73 Å². The van der Waals surface area contributed by atoms with Crippen molar-refractivity contribution in [2.75, 3.05) is 0 Å². The second kappa shape index (κ2) is 4.31. The second-order valence-electron chi connectivity index (χ2n) is 2.41. The molecule has 1 aliphatic carbocycles. The number of amides is 1. The van der Waals surface area contributed by atoms with Gasteiger partial charge in [-0.2, -0.15) is 0 Å². The largest absolute Gasteiger partial charge is 0.369 e. The summed E-state index contributed by atoms with van der Waals surface area (Å²) in [5, 5.41) is 0. The summed E-state index contributed by atoms with van der Waals surface area (Å²) < 4.78 is 0. The fourth-order valence-corrected chi connectivity index (χ4v) is 1.05. The molecular formula is C8H17NO. The van der Waals surface area contributed by atoms with Gasteiger partial charge in [0.15, 0.2) is 0 Å². The van der Waals surface area contributed by atoms with Gasteiger partial charge in [-0.1, -0.05) is 27.2 Å². The molecule has 1 fully saturated rings. The average Bonchev–Trinajstić information content (AvgIpc) is 2.70. The van der Waals surface area contributed by atoms with Crippen molar-refractivity contribution in [2.45, 2.75) is 33.6 Å². The second-order valence-corrected chi connectivity index (χ2v) is 2.41. The zero-order valence-corrected chi connectivity index (χ0v) is 7.05. The maximum atomic E-state index is 10.4. The first-order valence-electron chi connectivity index (χ1n) is 4.05. The summed E-state index contributed by atoms with van der Waals surface area (Å²) in [6, 6.07) is 0. The van der Waals surface area contributed by atoms with Gasteiger partial charge in [0.05, 0.1) is 0 Å². The average molecular weight is 143 g/mol. The Hall–Kier alpha value is -0.530. The zero-order valence-electron chi connectivity index (χ0n) is 7.05. The Morgan fingerprint density at radius 1 is 1.60 bits per heavy atom. The number of nitrogens with two attached hydrogens (primary N) is 1. The first kappa shape index (κ1) is 9.47. The van der Waals surface area contributed by atoms with Crippen LogP contribution >= 0.6 is 0 Å². The van der Waals surface area contributed by atoms with Crippen LogP contribution in [0.1, 0.15) is 33.6 Å². The summed E-state index contributed by atoms with van der Waals surface area (Å²) in [6.45, 7) is 6.09. The summed E-state index contributed by atoms with van der Waals surface area (Å²) in [6.07, 6.45) is 2.14. The van der Waals surface area contributed by atoms with Crippen LogP contribution in [0.5, 0.6) is 0 Å². The molecule has 1 amide bonds. The highest BCUT2D eigenvalue weighted by molar-refractivity contribution is 5.79. The number of carbonyl (C=O) groups is 1. The van der Waals surface area contributed by atoms with Crippen molar-refractivity contribution in [2.24, 2.45) is 17.6 Å². The monoisotopic (exact) mass is 143 g/mol. The molecule has 0 radical (unpaired) electrons. The highest BCUT2D eigenvalue weighted by Gasteiger charge is 2.39. The van der Waals surface area contributed by atoms with E-state index in [0.717, 1.165) is 12.8 Å². The van der Waals surface area contributed by atoms with Gasteiger partial charge >= 0.3 is 0 Å². The predicted molar refractivity (Wildman–Crippen MR) is 42.4 cm³/mol. The minimum Gasteiger partial charge on any atom is -0.369 e. The first-order chi connectivity index (χ1) is 4.75. The Morgan fingerprint density at radius 2 is 2.10 bits per heavy atom. The van der Waals surface area contributed by atoms with E-state index in [1.165, 1.54) is 0 Å². The van der Waals surface area contributed by atoms with E-state index in [-0.39, 0.29) is 11.8 Å². The van der Waals surface area contributed by atoms with Crippen LogP contribution in [-0.4, -0.2) is 5.91 Å². The van der Waals surface area contributed by atoms with Crippen LogP contribution in [0, 0.1) is 11.8 Å². The van der Waals surface area contributed by atoms with Crippen molar-refractivity contribution < 1.29 is 4.79 Å². The molecule has 0 aromatic rings. The van der Waals surface area contributed by atoms with E-state index in [2.05, 4.69) is 6.92 Å². The van der Waals surface area contributed by atoms with Gasteiger partial charge < -0.3 is 5.73 Å². The Labute approximate surface area is 62.8 Å². The van der Waals surface area contributed by atoms with E-state index in [0.29, 0.717) is 5.92 Å². The molecule has 1 rings (SSSR count). The van der Waals surface area contributed by atoms with Crippen LogP contribution in [0.25, 0.3) is 0 Å². The summed E-state index contributed by atoms with van der Waals surface area (Å²) >= 11 is 0. The lowest BCUT2D eigenvalue weighted by atomic mass is 10.2. The summed E-state index contributed by atoms with van der Waals surface area (Å²) in [5.74, 6) is 0.726.